The van der Waals surface area contributed by atoms with Gasteiger partial charge in [-0.3, -0.25) is 19.3 Å². The van der Waals surface area contributed by atoms with Crippen LogP contribution in [0.3, 0.4) is 0 Å². The highest BCUT2D eigenvalue weighted by molar-refractivity contribution is 5.98. The van der Waals surface area contributed by atoms with Gasteiger partial charge in [-0.25, -0.2) is 0 Å². The Morgan fingerprint density at radius 1 is 1.07 bits per heavy atom. The van der Waals surface area contributed by atoms with Crippen LogP contribution in [0.2, 0.25) is 0 Å². The number of fused-ring (bicyclic) bond motifs is 1. The number of benzene rings is 1. The van der Waals surface area contributed by atoms with Crippen LogP contribution in [-0.4, -0.2) is 72.8 Å². The maximum atomic E-state index is 12.8. The van der Waals surface area contributed by atoms with Crippen molar-refractivity contribution in [3.05, 3.63) is 29.3 Å². The Hall–Kier alpha value is -2.41. The predicted octanol–water partition coefficient (Wildman–Crippen LogP) is 0.632. The fraction of sp³-hybridized carbons (Fsp3) is 0.550. The summed E-state index contributed by atoms with van der Waals surface area (Å²) in [5.41, 5.74) is 2.66. The van der Waals surface area contributed by atoms with E-state index in [1.165, 1.54) is 0 Å². The maximum Gasteiger partial charge on any atom is 0.253 e. The number of amides is 3. The van der Waals surface area contributed by atoms with Gasteiger partial charge in [-0.15, -0.1) is 0 Å². The zero-order chi connectivity index (χ0) is 19.0. The minimum absolute atomic E-state index is 0.0288. The molecule has 144 valence electrons. The number of carbonyl (C=O) groups excluding carboxylic acids is 3. The zero-order valence-corrected chi connectivity index (χ0v) is 15.7. The number of hydrogen-bond acceptors (Lipinski definition) is 4. The lowest BCUT2D eigenvalue weighted by Gasteiger charge is -2.34. The standard InChI is InChI=1S/C20H26N4O3/c1-14(25)24-7-6-15-12-16(2-5-18(15)24)20(27)23-10-8-22(9-11-23)13-19(26)21-17-3-4-17/h2,5,12,17H,3-4,6-11,13H2,1H3,(H,21,26). The lowest BCUT2D eigenvalue weighted by Crippen LogP contribution is -2.51. The summed E-state index contributed by atoms with van der Waals surface area (Å²) in [5, 5.41) is 3.01. The van der Waals surface area contributed by atoms with Crippen molar-refractivity contribution in [2.75, 3.05) is 44.2 Å². The second kappa shape index (κ2) is 7.31. The van der Waals surface area contributed by atoms with Gasteiger partial charge in [0.05, 0.1) is 6.54 Å². The first-order valence-corrected chi connectivity index (χ1v) is 9.73. The highest BCUT2D eigenvalue weighted by Crippen LogP contribution is 2.29. The van der Waals surface area contributed by atoms with Crippen molar-refractivity contribution < 1.29 is 14.4 Å². The third-order valence-corrected chi connectivity index (χ3v) is 5.57. The smallest absolute Gasteiger partial charge is 0.253 e. The largest absolute Gasteiger partial charge is 0.352 e. The second-order valence-electron chi connectivity index (χ2n) is 7.67. The molecule has 3 amide bonds. The number of rotatable bonds is 4. The molecule has 3 aliphatic rings. The average molecular weight is 370 g/mol. The molecule has 2 heterocycles. The molecular weight excluding hydrogens is 344 g/mol. The molecule has 2 aliphatic heterocycles. The van der Waals surface area contributed by atoms with Crippen LogP contribution in [0.4, 0.5) is 5.69 Å². The Balaban J connectivity index is 1.33. The van der Waals surface area contributed by atoms with Crippen molar-refractivity contribution in [3.8, 4) is 0 Å². The van der Waals surface area contributed by atoms with Crippen molar-refractivity contribution >= 4 is 23.4 Å². The normalized spacial score (nSPS) is 19.7. The van der Waals surface area contributed by atoms with Crippen LogP contribution in [0.1, 0.15) is 35.7 Å². The van der Waals surface area contributed by atoms with E-state index in [2.05, 4.69) is 10.2 Å². The van der Waals surface area contributed by atoms with E-state index in [0.29, 0.717) is 50.9 Å². The van der Waals surface area contributed by atoms with E-state index in [1.807, 2.05) is 23.1 Å². The Morgan fingerprint density at radius 2 is 1.81 bits per heavy atom. The summed E-state index contributed by atoms with van der Waals surface area (Å²) in [7, 11) is 0. The highest BCUT2D eigenvalue weighted by atomic mass is 16.2. The molecule has 0 atom stereocenters. The van der Waals surface area contributed by atoms with Gasteiger partial charge in [-0.1, -0.05) is 0 Å². The van der Waals surface area contributed by atoms with Crippen molar-refractivity contribution in [1.82, 2.24) is 15.1 Å². The van der Waals surface area contributed by atoms with Crippen molar-refractivity contribution in [1.29, 1.82) is 0 Å². The Morgan fingerprint density at radius 3 is 2.48 bits per heavy atom. The van der Waals surface area contributed by atoms with E-state index in [1.54, 1.807) is 11.8 Å². The summed E-state index contributed by atoms with van der Waals surface area (Å²) in [6, 6.07) is 6.02. The molecule has 2 fully saturated rings. The summed E-state index contributed by atoms with van der Waals surface area (Å²) >= 11 is 0. The molecule has 4 rings (SSSR count). The topological polar surface area (TPSA) is 73.0 Å². The summed E-state index contributed by atoms with van der Waals surface area (Å²) in [6.45, 7) is 5.36. The minimum Gasteiger partial charge on any atom is -0.352 e. The van der Waals surface area contributed by atoms with Gasteiger partial charge in [0.1, 0.15) is 0 Å². The lowest BCUT2D eigenvalue weighted by atomic mass is 10.1. The number of nitrogens with one attached hydrogen (secondary N) is 1. The van der Waals surface area contributed by atoms with Gasteiger partial charge in [0.2, 0.25) is 11.8 Å². The fourth-order valence-corrected chi connectivity index (χ4v) is 3.86. The number of anilines is 1. The first-order valence-electron chi connectivity index (χ1n) is 9.73. The molecule has 7 heteroatoms. The molecule has 0 spiro atoms. The molecule has 1 saturated heterocycles. The van der Waals surface area contributed by atoms with E-state index >= 15 is 0 Å². The van der Waals surface area contributed by atoms with Crippen LogP contribution in [-0.2, 0) is 16.0 Å². The molecule has 1 aromatic carbocycles. The molecule has 0 aromatic heterocycles. The van der Waals surface area contributed by atoms with Crippen LogP contribution in [0, 0.1) is 0 Å². The SMILES string of the molecule is CC(=O)N1CCc2cc(C(=O)N3CCN(CC(=O)NC4CC4)CC3)ccc21. The van der Waals surface area contributed by atoms with Crippen LogP contribution < -0.4 is 10.2 Å². The van der Waals surface area contributed by atoms with Gasteiger partial charge in [-0.2, -0.15) is 0 Å². The molecule has 0 radical (unpaired) electrons. The summed E-state index contributed by atoms with van der Waals surface area (Å²) in [6.07, 6.45) is 2.98. The molecule has 1 aromatic rings. The number of hydrogen-bond donors (Lipinski definition) is 1. The zero-order valence-electron chi connectivity index (χ0n) is 15.7. The van der Waals surface area contributed by atoms with Crippen LogP contribution in [0.5, 0.6) is 0 Å². The van der Waals surface area contributed by atoms with Gasteiger partial charge in [0.25, 0.3) is 5.91 Å². The molecule has 0 bridgehead atoms. The van der Waals surface area contributed by atoms with Crippen LogP contribution in [0.25, 0.3) is 0 Å². The molecular formula is C20H26N4O3. The van der Waals surface area contributed by atoms with E-state index in [4.69, 9.17) is 0 Å². The van der Waals surface area contributed by atoms with Crippen LogP contribution in [0.15, 0.2) is 18.2 Å². The monoisotopic (exact) mass is 370 g/mol. The van der Waals surface area contributed by atoms with Crippen molar-refractivity contribution in [3.63, 3.8) is 0 Å². The Kier molecular flexibility index (Phi) is 4.86. The van der Waals surface area contributed by atoms with E-state index in [-0.39, 0.29) is 17.7 Å². The molecule has 27 heavy (non-hydrogen) atoms. The first kappa shape index (κ1) is 18.0. The Labute approximate surface area is 159 Å². The molecule has 7 nitrogen and oxygen atoms in total. The van der Waals surface area contributed by atoms with Gasteiger partial charge in [0, 0.05) is 56.9 Å². The number of nitrogens with zero attached hydrogens (tertiary/aromatic N) is 3. The van der Waals surface area contributed by atoms with E-state index in [0.717, 1.165) is 30.5 Å². The second-order valence-corrected chi connectivity index (χ2v) is 7.67. The lowest BCUT2D eigenvalue weighted by molar-refractivity contribution is -0.122. The number of piperazine rings is 1. The van der Waals surface area contributed by atoms with Gasteiger partial charge >= 0.3 is 0 Å². The van der Waals surface area contributed by atoms with Gasteiger partial charge in [-0.05, 0) is 43.0 Å². The van der Waals surface area contributed by atoms with Gasteiger partial charge < -0.3 is 15.1 Å². The molecule has 1 aliphatic carbocycles. The summed E-state index contributed by atoms with van der Waals surface area (Å²) in [5.74, 6) is 0.154. The molecule has 1 N–H and O–H groups in total. The minimum atomic E-state index is 0.0288. The van der Waals surface area contributed by atoms with Crippen LogP contribution >= 0.6 is 0 Å². The maximum absolute atomic E-state index is 12.8. The third kappa shape index (κ3) is 3.98. The fourth-order valence-electron chi connectivity index (χ4n) is 3.86. The molecule has 1 saturated carbocycles. The van der Waals surface area contributed by atoms with Gasteiger partial charge in [0.15, 0.2) is 0 Å². The highest BCUT2D eigenvalue weighted by Gasteiger charge is 2.28. The third-order valence-electron chi connectivity index (χ3n) is 5.57. The van der Waals surface area contributed by atoms with E-state index in [9.17, 15) is 14.4 Å². The first-order chi connectivity index (χ1) is 13.0. The Bertz CT molecular complexity index is 766. The predicted molar refractivity (Wildman–Crippen MR) is 102 cm³/mol. The van der Waals surface area contributed by atoms with Crippen molar-refractivity contribution in [2.45, 2.75) is 32.2 Å². The van der Waals surface area contributed by atoms with Crippen molar-refractivity contribution in [2.24, 2.45) is 0 Å². The van der Waals surface area contributed by atoms with E-state index < -0.39 is 0 Å². The summed E-state index contributed by atoms with van der Waals surface area (Å²) < 4.78 is 0. The quantitative estimate of drug-likeness (QED) is 0.844. The number of carbonyl (C=O) groups is 3. The molecule has 0 unspecified atom stereocenters. The average Bonchev–Trinajstić information content (AvgIpc) is 3.35. The summed E-state index contributed by atoms with van der Waals surface area (Å²) in [4.78, 5) is 42.1.